The maximum atomic E-state index is 10.9. The van der Waals surface area contributed by atoms with E-state index in [-0.39, 0.29) is 18.2 Å². The normalized spacial score (nSPS) is 14.7. The van der Waals surface area contributed by atoms with Crippen molar-refractivity contribution in [1.29, 1.82) is 0 Å². The second-order valence-corrected chi connectivity index (χ2v) is 3.73. The molecule has 0 saturated heterocycles. The molecule has 3 heteroatoms. The summed E-state index contributed by atoms with van der Waals surface area (Å²) in [6, 6.07) is 0. The molecule has 0 aliphatic carbocycles. The van der Waals surface area contributed by atoms with Crippen LogP contribution >= 0.6 is 0 Å². The fraction of sp³-hybridized carbons (Fsp3) is 0.917. The van der Waals surface area contributed by atoms with Crippen LogP contribution in [0.15, 0.2) is 0 Å². The summed E-state index contributed by atoms with van der Waals surface area (Å²) in [5.41, 5.74) is 0. The number of hydrogen-bond donors (Lipinski definition) is 0. The minimum atomic E-state index is -0.223. The zero-order chi connectivity index (χ0) is 11.7. The molecule has 0 N–H and O–H groups in total. The number of carbonyl (C=O) groups is 1. The highest BCUT2D eigenvalue weighted by molar-refractivity contribution is 5.66. The second-order valence-electron chi connectivity index (χ2n) is 3.73. The number of carbonyl (C=O) groups excluding carboxylic acids is 1. The molecule has 0 aromatic heterocycles. The van der Waals surface area contributed by atoms with Gasteiger partial charge in [-0.05, 0) is 19.3 Å². The van der Waals surface area contributed by atoms with Gasteiger partial charge in [0.25, 0.3) is 0 Å². The molecular formula is C12H24O3. The Morgan fingerprint density at radius 1 is 1.13 bits per heavy atom. The minimum absolute atomic E-state index is 0.0467. The second kappa shape index (κ2) is 8.72. The fourth-order valence-corrected chi connectivity index (χ4v) is 1.50. The molecule has 3 nitrogen and oxygen atoms in total. The van der Waals surface area contributed by atoms with Crippen LogP contribution in [0.4, 0.5) is 0 Å². The van der Waals surface area contributed by atoms with Gasteiger partial charge in [-0.2, -0.15) is 0 Å². The molecule has 0 aliphatic rings. The van der Waals surface area contributed by atoms with Crippen molar-refractivity contribution in [1.82, 2.24) is 0 Å². The molecule has 0 radical (unpaired) electrons. The van der Waals surface area contributed by atoms with Gasteiger partial charge >= 0.3 is 5.97 Å². The number of esters is 1. The first-order valence-corrected chi connectivity index (χ1v) is 5.94. The topological polar surface area (TPSA) is 35.5 Å². The third-order valence-electron chi connectivity index (χ3n) is 2.37. The van der Waals surface area contributed by atoms with Crippen molar-refractivity contribution >= 4 is 5.97 Å². The number of ether oxygens (including phenoxy) is 2. The third-order valence-corrected chi connectivity index (χ3v) is 2.37. The summed E-state index contributed by atoms with van der Waals surface area (Å²) in [6.07, 6.45) is 3.84. The first-order valence-electron chi connectivity index (χ1n) is 5.94. The molecule has 15 heavy (non-hydrogen) atoms. The molecule has 0 bridgehead atoms. The average molecular weight is 216 g/mol. The molecule has 0 aliphatic heterocycles. The van der Waals surface area contributed by atoms with Gasteiger partial charge in [0, 0.05) is 13.5 Å². The van der Waals surface area contributed by atoms with Crippen LogP contribution in [0, 0.1) is 0 Å². The van der Waals surface area contributed by atoms with Crippen LogP contribution in [0.5, 0.6) is 0 Å². The van der Waals surface area contributed by atoms with Crippen LogP contribution < -0.4 is 0 Å². The first kappa shape index (κ1) is 14.4. The monoisotopic (exact) mass is 216 g/mol. The molecule has 0 aromatic carbocycles. The number of unbranched alkanes of at least 4 members (excludes halogenated alkanes) is 1. The summed E-state index contributed by atoms with van der Waals surface area (Å²) >= 11 is 0. The van der Waals surface area contributed by atoms with E-state index in [1.54, 1.807) is 0 Å². The van der Waals surface area contributed by atoms with Crippen molar-refractivity contribution in [3.05, 3.63) is 0 Å². The lowest BCUT2D eigenvalue weighted by Crippen LogP contribution is -2.32. The summed E-state index contributed by atoms with van der Waals surface area (Å²) in [4.78, 5) is 10.9. The molecule has 2 atom stereocenters. The van der Waals surface area contributed by atoms with Gasteiger partial charge in [0.05, 0.1) is 6.10 Å². The molecule has 0 amide bonds. The summed E-state index contributed by atoms with van der Waals surface area (Å²) in [7, 11) is 0. The van der Waals surface area contributed by atoms with E-state index in [1.807, 2.05) is 6.92 Å². The molecular weight excluding hydrogens is 192 g/mol. The lowest BCUT2D eigenvalue weighted by Gasteiger charge is -2.25. The van der Waals surface area contributed by atoms with Gasteiger partial charge in [0.2, 0.25) is 0 Å². The van der Waals surface area contributed by atoms with Crippen LogP contribution in [-0.2, 0) is 14.3 Å². The lowest BCUT2D eigenvalue weighted by molar-refractivity contribution is -0.155. The van der Waals surface area contributed by atoms with Crippen LogP contribution in [0.2, 0.25) is 0 Å². The lowest BCUT2D eigenvalue weighted by atomic mass is 10.1. The Morgan fingerprint density at radius 3 is 2.13 bits per heavy atom. The maximum Gasteiger partial charge on any atom is 0.302 e. The van der Waals surface area contributed by atoms with Crippen molar-refractivity contribution < 1.29 is 14.3 Å². The minimum Gasteiger partial charge on any atom is -0.460 e. The average Bonchev–Trinajstić information content (AvgIpc) is 2.21. The van der Waals surface area contributed by atoms with E-state index < -0.39 is 0 Å². The van der Waals surface area contributed by atoms with Crippen molar-refractivity contribution in [2.24, 2.45) is 0 Å². The zero-order valence-electron chi connectivity index (χ0n) is 10.4. The van der Waals surface area contributed by atoms with Crippen molar-refractivity contribution in [2.75, 3.05) is 6.61 Å². The van der Waals surface area contributed by atoms with Crippen molar-refractivity contribution in [3.63, 3.8) is 0 Å². The Labute approximate surface area is 93.1 Å². The fourth-order valence-electron chi connectivity index (χ4n) is 1.50. The summed E-state index contributed by atoms with van der Waals surface area (Å²) < 4.78 is 10.9. The van der Waals surface area contributed by atoms with Gasteiger partial charge in [0.1, 0.15) is 6.10 Å². The summed E-state index contributed by atoms with van der Waals surface area (Å²) in [6.45, 7) is 8.41. The van der Waals surface area contributed by atoms with Gasteiger partial charge in [-0.15, -0.1) is 0 Å². The van der Waals surface area contributed by atoms with Crippen molar-refractivity contribution in [3.8, 4) is 0 Å². The van der Waals surface area contributed by atoms with E-state index >= 15 is 0 Å². The number of hydrogen-bond acceptors (Lipinski definition) is 3. The van der Waals surface area contributed by atoms with Crippen molar-refractivity contribution in [2.45, 2.75) is 65.6 Å². The van der Waals surface area contributed by atoms with Gasteiger partial charge in [0.15, 0.2) is 0 Å². The SMILES string of the molecule is CCCCOC(CC)C(CC)OC(C)=O. The first-order chi connectivity index (χ1) is 7.15. The van der Waals surface area contributed by atoms with Crippen LogP contribution in [0.1, 0.15) is 53.4 Å². The Hall–Kier alpha value is -0.570. The molecule has 0 heterocycles. The van der Waals surface area contributed by atoms with E-state index in [4.69, 9.17) is 9.47 Å². The van der Waals surface area contributed by atoms with Gasteiger partial charge in [-0.25, -0.2) is 0 Å². The maximum absolute atomic E-state index is 10.9. The molecule has 2 unspecified atom stereocenters. The van der Waals surface area contributed by atoms with Gasteiger partial charge < -0.3 is 9.47 Å². The van der Waals surface area contributed by atoms with E-state index in [1.165, 1.54) is 6.92 Å². The van der Waals surface area contributed by atoms with E-state index in [9.17, 15) is 4.79 Å². The Kier molecular flexibility index (Phi) is 8.38. The molecule has 0 aromatic rings. The smallest absolute Gasteiger partial charge is 0.302 e. The van der Waals surface area contributed by atoms with Crippen LogP contribution in [0.3, 0.4) is 0 Å². The molecule has 0 spiro atoms. The molecule has 0 rings (SSSR count). The third kappa shape index (κ3) is 6.50. The standard InChI is InChI=1S/C12H24O3/c1-5-8-9-14-11(6-2)12(7-3)15-10(4)13/h11-12H,5-9H2,1-4H3. The number of rotatable bonds is 8. The van der Waals surface area contributed by atoms with E-state index in [0.29, 0.717) is 0 Å². The highest BCUT2D eigenvalue weighted by Crippen LogP contribution is 2.13. The zero-order valence-corrected chi connectivity index (χ0v) is 10.4. The Bertz CT molecular complexity index is 168. The molecule has 90 valence electrons. The van der Waals surface area contributed by atoms with E-state index in [0.717, 1.165) is 32.3 Å². The summed E-state index contributed by atoms with van der Waals surface area (Å²) in [5, 5.41) is 0. The largest absolute Gasteiger partial charge is 0.460 e. The molecule has 0 fully saturated rings. The van der Waals surface area contributed by atoms with E-state index in [2.05, 4.69) is 13.8 Å². The Balaban J connectivity index is 4.02. The summed E-state index contributed by atoms with van der Waals surface area (Å²) in [5.74, 6) is -0.223. The predicted octanol–water partition coefficient (Wildman–Crippen LogP) is 2.92. The van der Waals surface area contributed by atoms with Crippen LogP contribution in [0.25, 0.3) is 0 Å². The quantitative estimate of drug-likeness (QED) is 0.462. The Morgan fingerprint density at radius 2 is 1.73 bits per heavy atom. The highest BCUT2D eigenvalue weighted by atomic mass is 16.6. The van der Waals surface area contributed by atoms with Gasteiger partial charge in [-0.1, -0.05) is 27.2 Å². The highest BCUT2D eigenvalue weighted by Gasteiger charge is 2.21. The van der Waals surface area contributed by atoms with Gasteiger partial charge in [-0.3, -0.25) is 4.79 Å². The molecule has 0 saturated carbocycles. The predicted molar refractivity (Wildman–Crippen MR) is 60.8 cm³/mol. The van der Waals surface area contributed by atoms with Crippen LogP contribution in [-0.4, -0.2) is 24.8 Å².